The number of aromatic nitrogens is 1. The Morgan fingerprint density at radius 2 is 2.20 bits per heavy atom. The lowest BCUT2D eigenvalue weighted by atomic mass is 10.0. The van der Waals surface area contributed by atoms with E-state index in [4.69, 9.17) is 5.14 Å². The summed E-state index contributed by atoms with van der Waals surface area (Å²) in [7, 11) is -3.65. The van der Waals surface area contributed by atoms with Gasteiger partial charge in [0.25, 0.3) is 0 Å². The van der Waals surface area contributed by atoms with E-state index in [1.807, 2.05) is 0 Å². The molecule has 1 aliphatic rings. The quantitative estimate of drug-likeness (QED) is 0.903. The lowest BCUT2D eigenvalue weighted by Crippen LogP contribution is -2.10. The van der Waals surface area contributed by atoms with Crippen LogP contribution in [0.2, 0.25) is 0 Å². The SMILES string of the molecule is NS(=O)(=O)c1cnc(NCC2CCc3ccccc32)s1. The van der Waals surface area contributed by atoms with Gasteiger partial charge < -0.3 is 5.32 Å². The van der Waals surface area contributed by atoms with E-state index in [1.165, 1.54) is 17.3 Å². The first-order valence-electron chi connectivity index (χ1n) is 6.34. The number of nitrogens with one attached hydrogen (secondary N) is 1. The van der Waals surface area contributed by atoms with Crippen LogP contribution < -0.4 is 10.5 Å². The third-order valence-electron chi connectivity index (χ3n) is 3.52. The fraction of sp³-hybridized carbons (Fsp3) is 0.308. The Labute approximate surface area is 121 Å². The zero-order valence-corrected chi connectivity index (χ0v) is 12.4. The lowest BCUT2D eigenvalue weighted by Gasteiger charge is -2.11. The summed E-state index contributed by atoms with van der Waals surface area (Å²) >= 11 is 1.07. The number of anilines is 1. The molecule has 20 heavy (non-hydrogen) atoms. The highest BCUT2D eigenvalue weighted by atomic mass is 32.2. The third-order valence-corrected chi connectivity index (χ3v) is 5.88. The summed E-state index contributed by atoms with van der Waals surface area (Å²) < 4.78 is 22.5. The largest absolute Gasteiger partial charge is 0.361 e. The number of thiazole rings is 1. The molecule has 3 rings (SSSR count). The van der Waals surface area contributed by atoms with Crippen molar-refractivity contribution in [3.05, 3.63) is 41.6 Å². The first-order valence-corrected chi connectivity index (χ1v) is 8.70. The van der Waals surface area contributed by atoms with Crippen LogP contribution in [0.3, 0.4) is 0 Å². The molecule has 1 aromatic heterocycles. The summed E-state index contributed by atoms with van der Waals surface area (Å²) in [5.74, 6) is 0.452. The summed E-state index contributed by atoms with van der Waals surface area (Å²) in [6.45, 7) is 0.759. The van der Waals surface area contributed by atoms with Crippen LogP contribution in [0.25, 0.3) is 0 Å². The molecule has 0 radical (unpaired) electrons. The van der Waals surface area contributed by atoms with Gasteiger partial charge in [0, 0.05) is 12.5 Å². The predicted octanol–water partition coefficient (Wildman–Crippen LogP) is 1.93. The van der Waals surface area contributed by atoms with Crippen molar-refractivity contribution in [3.8, 4) is 0 Å². The molecule has 1 aromatic carbocycles. The average molecular weight is 309 g/mol. The van der Waals surface area contributed by atoms with Crippen LogP contribution in [0.15, 0.2) is 34.7 Å². The number of nitrogens with two attached hydrogens (primary N) is 1. The normalized spacial score (nSPS) is 17.9. The van der Waals surface area contributed by atoms with Gasteiger partial charge in [-0.3, -0.25) is 0 Å². The highest BCUT2D eigenvalue weighted by Crippen LogP contribution is 2.33. The minimum Gasteiger partial charge on any atom is -0.361 e. The second-order valence-corrected chi connectivity index (χ2v) is 7.66. The van der Waals surface area contributed by atoms with E-state index in [2.05, 4.69) is 34.6 Å². The maximum absolute atomic E-state index is 11.2. The Morgan fingerprint density at radius 3 is 2.95 bits per heavy atom. The molecular formula is C13H15N3O2S2. The molecule has 7 heteroatoms. The van der Waals surface area contributed by atoms with E-state index in [0.717, 1.165) is 30.7 Å². The van der Waals surface area contributed by atoms with Gasteiger partial charge in [-0.05, 0) is 24.0 Å². The number of nitrogens with zero attached hydrogens (tertiary/aromatic N) is 1. The minimum atomic E-state index is -3.65. The molecule has 0 amide bonds. The van der Waals surface area contributed by atoms with Crippen molar-refractivity contribution in [2.75, 3.05) is 11.9 Å². The fourth-order valence-electron chi connectivity index (χ4n) is 2.54. The number of hydrogen-bond donors (Lipinski definition) is 2. The number of rotatable bonds is 4. The van der Waals surface area contributed by atoms with E-state index in [9.17, 15) is 8.42 Å². The molecule has 0 spiro atoms. The van der Waals surface area contributed by atoms with Crippen LogP contribution in [-0.4, -0.2) is 19.9 Å². The number of benzene rings is 1. The Bertz CT molecular complexity index is 725. The molecule has 106 valence electrons. The van der Waals surface area contributed by atoms with E-state index >= 15 is 0 Å². The number of hydrogen-bond acceptors (Lipinski definition) is 5. The highest BCUT2D eigenvalue weighted by molar-refractivity contribution is 7.91. The van der Waals surface area contributed by atoms with Crippen LogP contribution in [0.5, 0.6) is 0 Å². The van der Waals surface area contributed by atoms with Gasteiger partial charge in [0.05, 0.1) is 6.20 Å². The Balaban J connectivity index is 1.68. The number of fused-ring (bicyclic) bond motifs is 1. The summed E-state index contributed by atoms with van der Waals surface area (Å²) in [4.78, 5) is 4.05. The molecule has 5 nitrogen and oxygen atoms in total. The number of aryl methyl sites for hydroxylation is 1. The second kappa shape index (κ2) is 5.16. The van der Waals surface area contributed by atoms with Gasteiger partial charge in [0.15, 0.2) is 9.34 Å². The topological polar surface area (TPSA) is 85.1 Å². The van der Waals surface area contributed by atoms with Crippen molar-refractivity contribution in [2.24, 2.45) is 5.14 Å². The van der Waals surface area contributed by atoms with Gasteiger partial charge in [0.2, 0.25) is 10.0 Å². The summed E-state index contributed by atoms with van der Waals surface area (Å²) in [5.41, 5.74) is 2.78. The van der Waals surface area contributed by atoms with E-state index in [-0.39, 0.29) is 4.21 Å². The maximum Gasteiger partial charge on any atom is 0.249 e. The molecule has 0 aliphatic heterocycles. The molecule has 2 aromatic rings. The average Bonchev–Trinajstić information content (AvgIpc) is 3.02. The third kappa shape index (κ3) is 2.70. The van der Waals surface area contributed by atoms with Crippen molar-refractivity contribution < 1.29 is 8.42 Å². The first kappa shape index (κ1) is 13.5. The van der Waals surface area contributed by atoms with Gasteiger partial charge in [-0.1, -0.05) is 35.6 Å². The molecule has 0 saturated heterocycles. The second-order valence-electron chi connectivity index (χ2n) is 4.84. The Morgan fingerprint density at radius 1 is 1.40 bits per heavy atom. The van der Waals surface area contributed by atoms with Crippen LogP contribution >= 0.6 is 11.3 Å². The molecule has 0 saturated carbocycles. The number of primary sulfonamides is 1. The predicted molar refractivity (Wildman–Crippen MR) is 79.5 cm³/mol. The first-order chi connectivity index (χ1) is 9.54. The van der Waals surface area contributed by atoms with Crippen molar-refractivity contribution in [1.29, 1.82) is 0 Å². The number of sulfonamides is 1. The fourth-order valence-corrected chi connectivity index (χ4v) is 4.00. The van der Waals surface area contributed by atoms with Gasteiger partial charge in [-0.15, -0.1) is 0 Å². The van der Waals surface area contributed by atoms with E-state index in [1.54, 1.807) is 0 Å². The minimum absolute atomic E-state index is 0.0897. The van der Waals surface area contributed by atoms with Crippen LogP contribution in [0.1, 0.15) is 23.5 Å². The van der Waals surface area contributed by atoms with Crippen LogP contribution in [0.4, 0.5) is 5.13 Å². The van der Waals surface area contributed by atoms with Crippen molar-refractivity contribution in [1.82, 2.24) is 4.98 Å². The van der Waals surface area contributed by atoms with Crippen molar-refractivity contribution in [2.45, 2.75) is 23.0 Å². The summed E-state index contributed by atoms with van der Waals surface area (Å²) in [5, 5.41) is 8.87. The smallest absolute Gasteiger partial charge is 0.249 e. The monoisotopic (exact) mass is 309 g/mol. The molecule has 1 unspecified atom stereocenters. The van der Waals surface area contributed by atoms with Crippen LogP contribution in [-0.2, 0) is 16.4 Å². The molecule has 1 atom stereocenters. The van der Waals surface area contributed by atoms with E-state index < -0.39 is 10.0 Å². The molecule has 1 heterocycles. The summed E-state index contributed by atoms with van der Waals surface area (Å²) in [6, 6.07) is 8.44. The van der Waals surface area contributed by atoms with Crippen molar-refractivity contribution in [3.63, 3.8) is 0 Å². The highest BCUT2D eigenvalue weighted by Gasteiger charge is 2.22. The lowest BCUT2D eigenvalue weighted by molar-refractivity contribution is 0.599. The van der Waals surface area contributed by atoms with Crippen LogP contribution in [0, 0.1) is 0 Å². The van der Waals surface area contributed by atoms with Gasteiger partial charge in [0.1, 0.15) is 0 Å². The molecule has 0 fully saturated rings. The zero-order valence-electron chi connectivity index (χ0n) is 10.7. The molecule has 0 bridgehead atoms. The molecule has 3 N–H and O–H groups in total. The van der Waals surface area contributed by atoms with Crippen molar-refractivity contribution >= 4 is 26.5 Å². The molecule has 1 aliphatic carbocycles. The van der Waals surface area contributed by atoms with Gasteiger partial charge in [-0.2, -0.15) is 0 Å². The molecular weight excluding hydrogens is 294 g/mol. The Hall–Kier alpha value is -1.44. The summed E-state index contributed by atoms with van der Waals surface area (Å²) in [6.07, 6.45) is 3.51. The Kier molecular flexibility index (Phi) is 3.49. The standard InChI is InChI=1S/C13H15N3O2S2/c14-20(17,18)12-8-16-13(19-12)15-7-10-6-5-9-3-1-2-4-11(9)10/h1-4,8,10H,5-7H2,(H,15,16)(H2,14,17,18). The van der Waals surface area contributed by atoms with Gasteiger partial charge in [-0.25, -0.2) is 18.5 Å². The van der Waals surface area contributed by atoms with E-state index in [0.29, 0.717) is 11.0 Å². The van der Waals surface area contributed by atoms with Gasteiger partial charge >= 0.3 is 0 Å². The zero-order chi connectivity index (χ0) is 14.2. The maximum atomic E-state index is 11.2.